The van der Waals surface area contributed by atoms with Crippen LogP contribution in [0.15, 0.2) is 72.8 Å². The van der Waals surface area contributed by atoms with E-state index in [-0.39, 0.29) is 24.6 Å². The van der Waals surface area contributed by atoms with E-state index in [1.165, 1.54) is 11.0 Å². The third-order valence-corrected chi connectivity index (χ3v) is 8.21. The summed E-state index contributed by atoms with van der Waals surface area (Å²) in [7, 11) is -3.85. The number of halogens is 1. The summed E-state index contributed by atoms with van der Waals surface area (Å²) in [4.78, 5) is 29.2. The van der Waals surface area contributed by atoms with Crippen molar-refractivity contribution in [3.8, 4) is 0 Å². The van der Waals surface area contributed by atoms with E-state index in [1.54, 1.807) is 12.1 Å². The third kappa shape index (κ3) is 8.83. The molecule has 1 atom stereocenters. The summed E-state index contributed by atoms with van der Waals surface area (Å²) in [6, 6.07) is 21.2. The summed E-state index contributed by atoms with van der Waals surface area (Å²) in [5.41, 5.74) is 3.83. The highest BCUT2D eigenvalue weighted by Crippen LogP contribution is 2.26. The fourth-order valence-corrected chi connectivity index (χ4v) is 5.43. The quantitative estimate of drug-likeness (QED) is 0.277. The van der Waals surface area contributed by atoms with Crippen molar-refractivity contribution < 1.29 is 18.0 Å². The van der Waals surface area contributed by atoms with Gasteiger partial charge in [0.05, 0.1) is 11.9 Å². The van der Waals surface area contributed by atoms with Gasteiger partial charge in [0.15, 0.2) is 0 Å². The fraction of sp³-hybridized carbons (Fsp3) is 0.355. The van der Waals surface area contributed by atoms with Crippen LogP contribution in [0.4, 0.5) is 5.69 Å². The van der Waals surface area contributed by atoms with E-state index in [0.717, 1.165) is 45.7 Å². The smallest absolute Gasteiger partial charge is 0.244 e. The Labute approximate surface area is 243 Å². The minimum Gasteiger partial charge on any atom is -0.354 e. The fourth-order valence-electron chi connectivity index (χ4n) is 4.42. The summed E-state index contributed by atoms with van der Waals surface area (Å²) >= 11 is 6.30. The van der Waals surface area contributed by atoms with E-state index in [4.69, 9.17) is 11.6 Å². The van der Waals surface area contributed by atoms with Crippen molar-refractivity contribution in [3.63, 3.8) is 0 Å². The minimum atomic E-state index is -3.85. The molecule has 0 aromatic heterocycles. The van der Waals surface area contributed by atoms with Crippen molar-refractivity contribution >= 4 is 39.1 Å². The molecule has 3 rings (SSSR count). The van der Waals surface area contributed by atoms with Gasteiger partial charge in [0, 0.05) is 24.5 Å². The molecule has 7 nitrogen and oxygen atoms in total. The van der Waals surface area contributed by atoms with Crippen molar-refractivity contribution in [2.24, 2.45) is 0 Å². The van der Waals surface area contributed by atoms with Gasteiger partial charge in [0.2, 0.25) is 21.8 Å². The molecule has 0 bridgehead atoms. The maximum Gasteiger partial charge on any atom is 0.244 e. The van der Waals surface area contributed by atoms with E-state index in [9.17, 15) is 18.0 Å². The Kier molecular flexibility index (Phi) is 11.2. The molecule has 0 aliphatic rings. The first-order chi connectivity index (χ1) is 19.0. The number of aryl methyl sites for hydroxylation is 2. The molecule has 3 aromatic rings. The van der Waals surface area contributed by atoms with Crippen LogP contribution < -0.4 is 9.62 Å². The molecule has 9 heteroatoms. The average molecular weight is 584 g/mol. The first-order valence-corrected chi connectivity index (χ1v) is 15.6. The van der Waals surface area contributed by atoms with Crippen molar-refractivity contribution in [1.82, 2.24) is 10.2 Å². The zero-order valence-corrected chi connectivity index (χ0v) is 25.1. The Morgan fingerprint density at radius 3 is 2.27 bits per heavy atom. The highest BCUT2D eigenvalue weighted by atomic mass is 35.5. The Balaban J connectivity index is 2.04. The van der Waals surface area contributed by atoms with Crippen LogP contribution in [0.2, 0.25) is 5.02 Å². The monoisotopic (exact) mass is 583 g/mol. The number of unbranched alkanes of at least 4 members (excludes halogenated alkanes) is 1. The number of hydrogen-bond acceptors (Lipinski definition) is 4. The summed E-state index contributed by atoms with van der Waals surface area (Å²) < 4.78 is 26.8. The normalized spacial score (nSPS) is 12.0. The molecule has 0 aliphatic carbocycles. The molecule has 0 radical (unpaired) electrons. The SMILES string of the molecule is CCCCNC(=O)[C@H](Cc1ccccc1)N(Cc1cccc(C)c1)C(=O)CN(c1ccc(C)c(Cl)c1)S(C)(=O)=O. The molecule has 0 saturated carbocycles. The molecule has 0 saturated heterocycles. The molecular weight excluding hydrogens is 546 g/mol. The molecule has 214 valence electrons. The summed E-state index contributed by atoms with van der Waals surface area (Å²) in [5.74, 6) is -0.766. The second kappa shape index (κ2) is 14.3. The Morgan fingerprint density at radius 1 is 0.950 bits per heavy atom. The van der Waals surface area contributed by atoms with E-state index in [0.29, 0.717) is 11.6 Å². The Morgan fingerprint density at radius 2 is 1.65 bits per heavy atom. The number of sulfonamides is 1. The predicted octanol–water partition coefficient (Wildman–Crippen LogP) is 5.28. The van der Waals surface area contributed by atoms with Gasteiger partial charge in [-0.05, 0) is 49.1 Å². The van der Waals surface area contributed by atoms with Crippen LogP contribution in [0.3, 0.4) is 0 Å². The number of carbonyl (C=O) groups is 2. The number of rotatable bonds is 13. The van der Waals surface area contributed by atoms with Crippen LogP contribution >= 0.6 is 11.6 Å². The van der Waals surface area contributed by atoms with E-state index < -0.39 is 28.5 Å². The first kappa shape index (κ1) is 31.2. The lowest BCUT2D eigenvalue weighted by Gasteiger charge is -2.33. The van der Waals surface area contributed by atoms with Gasteiger partial charge in [-0.3, -0.25) is 13.9 Å². The summed E-state index contributed by atoms with van der Waals surface area (Å²) in [6.07, 6.45) is 3.06. The summed E-state index contributed by atoms with van der Waals surface area (Å²) in [6.45, 7) is 5.98. The highest BCUT2D eigenvalue weighted by molar-refractivity contribution is 7.92. The van der Waals surface area contributed by atoms with E-state index in [1.807, 2.05) is 75.4 Å². The van der Waals surface area contributed by atoms with Gasteiger partial charge in [0.1, 0.15) is 12.6 Å². The molecule has 0 heterocycles. The molecular formula is C31H38ClN3O4S. The van der Waals surface area contributed by atoms with Crippen LogP contribution in [-0.2, 0) is 32.6 Å². The van der Waals surface area contributed by atoms with Gasteiger partial charge in [-0.2, -0.15) is 0 Å². The number of hydrogen-bond donors (Lipinski definition) is 1. The molecule has 3 aromatic carbocycles. The zero-order valence-electron chi connectivity index (χ0n) is 23.6. The van der Waals surface area contributed by atoms with Gasteiger partial charge in [-0.1, -0.05) is 91.2 Å². The van der Waals surface area contributed by atoms with Crippen LogP contribution in [0.25, 0.3) is 0 Å². The molecule has 0 spiro atoms. The molecule has 0 unspecified atom stereocenters. The molecule has 2 amide bonds. The number of nitrogens with zero attached hydrogens (tertiary/aromatic N) is 2. The maximum atomic E-state index is 14.1. The molecule has 40 heavy (non-hydrogen) atoms. The number of anilines is 1. The lowest BCUT2D eigenvalue weighted by Crippen LogP contribution is -2.53. The van der Waals surface area contributed by atoms with Crippen LogP contribution in [0, 0.1) is 13.8 Å². The zero-order chi connectivity index (χ0) is 29.3. The maximum absolute atomic E-state index is 14.1. The second-order valence-corrected chi connectivity index (χ2v) is 12.4. The summed E-state index contributed by atoms with van der Waals surface area (Å²) in [5, 5.41) is 3.38. The van der Waals surface area contributed by atoms with Gasteiger partial charge >= 0.3 is 0 Å². The van der Waals surface area contributed by atoms with Crippen LogP contribution in [0.1, 0.15) is 42.0 Å². The second-order valence-electron chi connectivity index (χ2n) is 10.1. The topological polar surface area (TPSA) is 86.8 Å². The van der Waals surface area contributed by atoms with Crippen molar-refractivity contribution in [1.29, 1.82) is 0 Å². The first-order valence-electron chi connectivity index (χ1n) is 13.4. The predicted molar refractivity (Wildman–Crippen MR) is 162 cm³/mol. The van der Waals surface area contributed by atoms with Gasteiger partial charge < -0.3 is 10.2 Å². The number of amides is 2. The Hall–Kier alpha value is -3.36. The number of nitrogens with one attached hydrogen (secondary N) is 1. The van der Waals surface area contributed by atoms with Crippen molar-refractivity contribution in [3.05, 3.63) is 100 Å². The Bertz CT molecular complexity index is 1410. The largest absolute Gasteiger partial charge is 0.354 e. The highest BCUT2D eigenvalue weighted by Gasteiger charge is 2.33. The van der Waals surface area contributed by atoms with Crippen LogP contribution in [-0.4, -0.2) is 50.5 Å². The van der Waals surface area contributed by atoms with Crippen molar-refractivity contribution in [2.45, 2.75) is 52.6 Å². The van der Waals surface area contributed by atoms with Gasteiger partial charge in [-0.15, -0.1) is 0 Å². The lowest BCUT2D eigenvalue weighted by molar-refractivity contribution is -0.140. The van der Waals surface area contributed by atoms with Gasteiger partial charge in [0.25, 0.3) is 0 Å². The third-order valence-electron chi connectivity index (χ3n) is 6.66. The minimum absolute atomic E-state index is 0.144. The van der Waals surface area contributed by atoms with Crippen molar-refractivity contribution in [2.75, 3.05) is 23.7 Å². The van der Waals surface area contributed by atoms with Crippen LogP contribution in [0.5, 0.6) is 0 Å². The number of benzene rings is 3. The lowest BCUT2D eigenvalue weighted by atomic mass is 10.0. The molecule has 0 fully saturated rings. The average Bonchev–Trinajstić information content (AvgIpc) is 2.91. The van der Waals surface area contributed by atoms with E-state index >= 15 is 0 Å². The standard InChI is InChI=1S/C31H38ClN3O4S/c1-5-6-17-33-31(37)29(19-25-12-8-7-9-13-25)34(21-26-14-10-11-23(2)18-26)30(36)22-35(40(4,38)39)27-16-15-24(3)28(32)20-27/h7-16,18,20,29H,5-6,17,19,21-22H2,1-4H3,(H,33,37)/t29-/m0/s1. The molecule has 0 aliphatic heterocycles. The number of carbonyl (C=O) groups excluding carboxylic acids is 2. The van der Waals surface area contributed by atoms with E-state index in [2.05, 4.69) is 5.32 Å². The molecule has 1 N–H and O–H groups in total. The van der Waals surface area contributed by atoms with Gasteiger partial charge in [-0.25, -0.2) is 8.42 Å².